The molecule has 1 amide bonds. The first kappa shape index (κ1) is 17.3. The van der Waals surface area contributed by atoms with E-state index in [9.17, 15) is 9.90 Å². The summed E-state index contributed by atoms with van der Waals surface area (Å²) in [5.41, 5.74) is 4.04. The van der Waals surface area contributed by atoms with Gasteiger partial charge in [-0.05, 0) is 46.7 Å². The van der Waals surface area contributed by atoms with Crippen LogP contribution in [0.4, 0.5) is 16.2 Å². The molecule has 1 aliphatic heterocycles. The molecule has 2 heterocycles. The van der Waals surface area contributed by atoms with Crippen LogP contribution in [0.1, 0.15) is 5.56 Å². The minimum Gasteiger partial charge on any atom is -0.465 e. The quantitative estimate of drug-likeness (QED) is 0.546. The summed E-state index contributed by atoms with van der Waals surface area (Å²) in [7, 11) is 0. The van der Waals surface area contributed by atoms with Crippen LogP contribution in [0.25, 0.3) is 16.5 Å². The summed E-state index contributed by atoms with van der Waals surface area (Å²) >= 11 is 0. The van der Waals surface area contributed by atoms with E-state index in [4.69, 9.17) is 0 Å². The third kappa shape index (κ3) is 3.18. The first-order valence-corrected chi connectivity index (χ1v) is 9.54. The average Bonchev–Trinajstić information content (AvgIpc) is 3.21. The molecule has 0 saturated heterocycles. The molecule has 6 heteroatoms. The Kier molecular flexibility index (Phi) is 4.17. The second-order valence-electron chi connectivity index (χ2n) is 7.17. The van der Waals surface area contributed by atoms with E-state index in [0.717, 1.165) is 22.6 Å². The van der Waals surface area contributed by atoms with Crippen molar-refractivity contribution in [1.29, 1.82) is 0 Å². The molecular weight excluding hydrogens is 364 g/mol. The molecule has 0 fully saturated rings. The molecule has 0 aliphatic carbocycles. The molecule has 1 N–H and O–H groups in total. The van der Waals surface area contributed by atoms with Crippen molar-refractivity contribution in [2.24, 2.45) is 0 Å². The summed E-state index contributed by atoms with van der Waals surface area (Å²) < 4.78 is 1.93. The van der Waals surface area contributed by atoms with Crippen molar-refractivity contribution in [3.63, 3.8) is 0 Å². The monoisotopic (exact) mass is 384 g/mol. The van der Waals surface area contributed by atoms with Crippen LogP contribution in [0.15, 0.2) is 79.4 Å². The Hall–Kier alpha value is -3.80. The van der Waals surface area contributed by atoms with Gasteiger partial charge in [-0.3, -0.25) is 0 Å². The highest BCUT2D eigenvalue weighted by molar-refractivity contribution is 5.87. The maximum Gasteiger partial charge on any atom is 0.407 e. The van der Waals surface area contributed by atoms with Gasteiger partial charge in [-0.2, -0.15) is 0 Å². The van der Waals surface area contributed by atoms with Crippen LogP contribution < -0.4 is 4.90 Å². The number of fused-ring (bicyclic) bond motifs is 2. The van der Waals surface area contributed by atoms with Crippen LogP contribution in [0, 0.1) is 0 Å². The molecule has 3 aromatic carbocycles. The lowest BCUT2D eigenvalue weighted by atomic mass is 10.1. The van der Waals surface area contributed by atoms with Crippen LogP contribution in [-0.4, -0.2) is 38.7 Å². The van der Waals surface area contributed by atoms with Crippen LogP contribution in [0.2, 0.25) is 0 Å². The van der Waals surface area contributed by atoms with E-state index in [1.807, 2.05) is 35.0 Å². The fourth-order valence-corrected chi connectivity index (χ4v) is 3.94. The van der Waals surface area contributed by atoms with Crippen molar-refractivity contribution in [2.75, 3.05) is 18.0 Å². The zero-order valence-corrected chi connectivity index (χ0v) is 15.8. The normalized spacial score (nSPS) is 13.9. The third-order valence-corrected chi connectivity index (χ3v) is 5.43. The van der Waals surface area contributed by atoms with Crippen molar-refractivity contribution in [3.05, 3.63) is 84.9 Å². The number of benzene rings is 3. The van der Waals surface area contributed by atoms with Gasteiger partial charge in [-0.1, -0.05) is 30.3 Å². The zero-order valence-electron chi connectivity index (χ0n) is 15.8. The fraction of sp³-hybridized carbons (Fsp3) is 0.130. The Labute approximate surface area is 168 Å². The Morgan fingerprint density at radius 2 is 1.76 bits per heavy atom. The summed E-state index contributed by atoms with van der Waals surface area (Å²) in [6.07, 6.45) is 4.46. The molecule has 0 radical (unpaired) electrons. The van der Waals surface area contributed by atoms with E-state index in [2.05, 4.69) is 46.3 Å². The Bertz CT molecular complexity index is 1190. The number of amides is 1. The van der Waals surface area contributed by atoms with Crippen molar-refractivity contribution in [1.82, 2.24) is 14.5 Å². The van der Waals surface area contributed by atoms with Gasteiger partial charge < -0.3 is 19.5 Å². The van der Waals surface area contributed by atoms with Crippen LogP contribution in [-0.2, 0) is 6.54 Å². The van der Waals surface area contributed by atoms with Gasteiger partial charge in [0, 0.05) is 42.5 Å². The number of carboxylic acid groups (broad SMARTS) is 1. The number of nitrogens with zero attached hydrogens (tertiary/aromatic N) is 4. The predicted molar refractivity (Wildman–Crippen MR) is 113 cm³/mol. The van der Waals surface area contributed by atoms with Gasteiger partial charge in [-0.25, -0.2) is 9.78 Å². The number of hydrogen-bond donors (Lipinski definition) is 1. The second-order valence-corrected chi connectivity index (χ2v) is 7.17. The lowest BCUT2D eigenvalue weighted by molar-refractivity contribution is 0.145. The number of anilines is 2. The van der Waals surface area contributed by atoms with E-state index >= 15 is 0 Å². The highest BCUT2D eigenvalue weighted by atomic mass is 16.4. The van der Waals surface area contributed by atoms with Gasteiger partial charge in [-0.15, -0.1) is 0 Å². The van der Waals surface area contributed by atoms with Gasteiger partial charge in [0.05, 0.1) is 12.9 Å². The summed E-state index contributed by atoms with van der Waals surface area (Å²) in [4.78, 5) is 19.5. The van der Waals surface area contributed by atoms with Gasteiger partial charge in [0.15, 0.2) is 0 Å². The number of imidazole rings is 1. The standard InChI is InChI=1S/C23H20N4O2/c28-23(29)25-11-12-27(21-6-5-17-3-1-2-4-18(17)13-21)22-8-7-20(14-19(22)15-25)26-10-9-24-16-26/h1-10,13-14,16H,11-12,15H2,(H,28,29). The second kappa shape index (κ2) is 6.98. The molecular formula is C23H20N4O2. The Morgan fingerprint density at radius 3 is 2.55 bits per heavy atom. The van der Waals surface area contributed by atoms with Crippen LogP contribution in [0.3, 0.4) is 0 Å². The molecule has 0 bridgehead atoms. The smallest absolute Gasteiger partial charge is 0.407 e. The van der Waals surface area contributed by atoms with Gasteiger partial charge >= 0.3 is 6.09 Å². The predicted octanol–water partition coefficient (Wildman–Crippen LogP) is 4.66. The van der Waals surface area contributed by atoms with E-state index in [-0.39, 0.29) is 0 Å². The minimum absolute atomic E-state index is 0.358. The van der Waals surface area contributed by atoms with Gasteiger partial charge in [0.1, 0.15) is 0 Å². The molecule has 4 aromatic rings. The summed E-state index contributed by atoms with van der Waals surface area (Å²) in [6, 6.07) is 20.8. The minimum atomic E-state index is -0.899. The van der Waals surface area contributed by atoms with E-state index in [1.165, 1.54) is 15.7 Å². The third-order valence-electron chi connectivity index (χ3n) is 5.43. The number of carbonyl (C=O) groups is 1. The molecule has 0 spiro atoms. The van der Waals surface area contributed by atoms with Crippen molar-refractivity contribution in [2.45, 2.75) is 6.54 Å². The molecule has 5 rings (SSSR count). The highest BCUT2D eigenvalue weighted by Crippen LogP contribution is 2.34. The summed E-state index contributed by atoms with van der Waals surface area (Å²) in [6.45, 7) is 1.40. The van der Waals surface area contributed by atoms with Crippen LogP contribution >= 0.6 is 0 Å². The molecule has 1 aromatic heterocycles. The lowest BCUT2D eigenvalue weighted by Gasteiger charge is -2.25. The van der Waals surface area contributed by atoms with Gasteiger partial charge in [0.2, 0.25) is 0 Å². The fourth-order valence-electron chi connectivity index (χ4n) is 3.94. The Balaban J connectivity index is 1.62. The summed E-state index contributed by atoms with van der Waals surface area (Å²) in [5, 5.41) is 12.0. The molecule has 0 saturated carbocycles. The van der Waals surface area contributed by atoms with E-state index in [1.54, 1.807) is 12.5 Å². The maximum atomic E-state index is 11.7. The van der Waals surface area contributed by atoms with Crippen molar-refractivity contribution >= 4 is 28.2 Å². The molecule has 0 atom stereocenters. The number of hydrogen-bond acceptors (Lipinski definition) is 3. The number of aromatic nitrogens is 2. The topological polar surface area (TPSA) is 61.6 Å². The van der Waals surface area contributed by atoms with Crippen molar-refractivity contribution in [3.8, 4) is 5.69 Å². The highest BCUT2D eigenvalue weighted by Gasteiger charge is 2.24. The zero-order chi connectivity index (χ0) is 19.8. The molecule has 1 aliphatic rings. The largest absolute Gasteiger partial charge is 0.465 e. The summed E-state index contributed by atoms with van der Waals surface area (Å²) in [5.74, 6) is 0. The molecule has 144 valence electrons. The molecule has 29 heavy (non-hydrogen) atoms. The molecule has 6 nitrogen and oxygen atoms in total. The van der Waals surface area contributed by atoms with Crippen molar-refractivity contribution < 1.29 is 9.90 Å². The van der Waals surface area contributed by atoms with Crippen LogP contribution in [0.5, 0.6) is 0 Å². The van der Waals surface area contributed by atoms with Gasteiger partial charge in [0.25, 0.3) is 0 Å². The lowest BCUT2D eigenvalue weighted by Crippen LogP contribution is -2.32. The first-order valence-electron chi connectivity index (χ1n) is 9.54. The van der Waals surface area contributed by atoms with E-state index in [0.29, 0.717) is 19.6 Å². The Morgan fingerprint density at radius 1 is 0.931 bits per heavy atom. The number of rotatable bonds is 2. The van der Waals surface area contributed by atoms with E-state index < -0.39 is 6.09 Å². The molecule has 0 unspecified atom stereocenters. The SMILES string of the molecule is O=C(O)N1CCN(c2ccc3ccccc3c2)c2ccc(-n3ccnc3)cc2C1. The maximum absolute atomic E-state index is 11.7. The first-order chi connectivity index (χ1) is 14.2. The average molecular weight is 384 g/mol.